The van der Waals surface area contributed by atoms with Crippen LogP contribution >= 0.6 is 0 Å². The summed E-state index contributed by atoms with van der Waals surface area (Å²) in [4.78, 5) is 7.12. The molecule has 0 radical (unpaired) electrons. The number of anilines is 1. The number of likely N-dealkylation sites (tertiary alicyclic amines) is 1. The van der Waals surface area contributed by atoms with Crippen LogP contribution in [-0.4, -0.2) is 46.3 Å². The largest absolute Gasteiger partial charge is 0.504 e. The Morgan fingerprint density at radius 1 is 1.22 bits per heavy atom. The fourth-order valence-electron chi connectivity index (χ4n) is 3.80. The quantitative estimate of drug-likeness (QED) is 0.757. The second kappa shape index (κ2) is 5.57. The fourth-order valence-corrected chi connectivity index (χ4v) is 3.80. The van der Waals surface area contributed by atoms with E-state index < -0.39 is 0 Å². The number of nitrogens with one attached hydrogen (secondary N) is 1. The lowest BCUT2D eigenvalue weighted by molar-refractivity contribution is 0.116. The van der Waals surface area contributed by atoms with E-state index in [1.165, 1.54) is 5.56 Å². The maximum Gasteiger partial charge on any atom is 0.159 e. The number of fused-ring (bicyclic) bond motifs is 2. The van der Waals surface area contributed by atoms with Crippen molar-refractivity contribution < 1.29 is 10.2 Å². The number of benzene rings is 1. The van der Waals surface area contributed by atoms with Gasteiger partial charge in [0.2, 0.25) is 0 Å². The molecule has 0 unspecified atom stereocenters. The third kappa shape index (κ3) is 2.49. The van der Waals surface area contributed by atoms with Gasteiger partial charge in [0.25, 0.3) is 0 Å². The molecule has 4 rings (SSSR count). The second-order valence-electron chi connectivity index (χ2n) is 6.72. The fraction of sp³-hybridized carbons (Fsp3) is 0.500. The highest BCUT2D eigenvalue weighted by atomic mass is 16.3. The summed E-state index contributed by atoms with van der Waals surface area (Å²) >= 11 is 0. The van der Waals surface area contributed by atoms with Crippen LogP contribution in [0.4, 0.5) is 5.69 Å². The highest BCUT2D eigenvalue weighted by Crippen LogP contribution is 2.38. The molecule has 1 fully saturated rings. The van der Waals surface area contributed by atoms with Gasteiger partial charge in [-0.1, -0.05) is 6.92 Å². The average molecular weight is 313 g/mol. The predicted octanol–water partition coefficient (Wildman–Crippen LogP) is 2.50. The molecule has 0 saturated carbocycles. The first kappa shape index (κ1) is 14.6. The van der Waals surface area contributed by atoms with E-state index in [2.05, 4.69) is 22.1 Å². The van der Waals surface area contributed by atoms with E-state index in [1.807, 2.05) is 0 Å². The Labute approximate surface area is 136 Å². The number of hydrogen-bond acceptors (Lipinski definition) is 5. The molecule has 0 atom stereocenters. The van der Waals surface area contributed by atoms with Gasteiger partial charge >= 0.3 is 0 Å². The van der Waals surface area contributed by atoms with E-state index in [1.54, 1.807) is 12.1 Å². The minimum atomic E-state index is -0.105. The Kier molecular flexibility index (Phi) is 3.53. The van der Waals surface area contributed by atoms with Crippen molar-refractivity contribution in [1.29, 1.82) is 0 Å². The normalized spacial score (nSPS) is 18.1. The number of phenols is 2. The molecule has 2 aromatic rings. The Balaban J connectivity index is 1.67. The summed E-state index contributed by atoms with van der Waals surface area (Å²) in [5, 5.41) is 24.2. The third-order valence-corrected chi connectivity index (χ3v) is 5.16. The topological polar surface area (TPSA) is 68.6 Å². The molecule has 2 aliphatic rings. The van der Waals surface area contributed by atoms with Crippen LogP contribution in [0.3, 0.4) is 0 Å². The summed E-state index contributed by atoms with van der Waals surface area (Å²) in [5.41, 5.74) is 4.28. The van der Waals surface area contributed by atoms with Crippen LogP contribution in [0, 0.1) is 5.92 Å². The van der Waals surface area contributed by atoms with Crippen LogP contribution < -0.4 is 5.32 Å². The molecule has 2 heterocycles. The summed E-state index contributed by atoms with van der Waals surface area (Å²) in [6.07, 6.45) is 3.15. The van der Waals surface area contributed by atoms with E-state index >= 15 is 0 Å². The average Bonchev–Trinajstić information content (AvgIpc) is 2.94. The van der Waals surface area contributed by atoms with E-state index in [9.17, 15) is 10.2 Å². The lowest BCUT2D eigenvalue weighted by atomic mass is 9.99. The maximum atomic E-state index is 9.88. The Morgan fingerprint density at radius 3 is 2.78 bits per heavy atom. The summed E-state index contributed by atoms with van der Waals surface area (Å²) in [6, 6.07) is 3.20. The molecule has 0 spiro atoms. The Hall–Kier alpha value is -2.01. The Bertz CT molecular complexity index is 754. The standard InChI is InChI=1S/C18H23N3O2/c1-2-21-9-11(10-21)8-19-18-12-4-3-5-14(12)20-15-7-17(23)16(22)6-13(15)18/h6-7,11,22-23H,2-5,8-10H2,1H3,(H,19,20). The SMILES string of the molecule is CCN1CC(CNc2c3c(nc4cc(O)c(O)cc24)CCC3)C1. The van der Waals surface area contributed by atoms with Gasteiger partial charge in [0.05, 0.1) is 5.52 Å². The summed E-state index contributed by atoms with van der Waals surface area (Å²) in [7, 11) is 0. The van der Waals surface area contributed by atoms with Gasteiger partial charge < -0.3 is 20.4 Å². The number of hydrogen-bond donors (Lipinski definition) is 3. The van der Waals surface area contributed by atoms with Crippen molar-refractivity contribution in [2.75, 3.05) is 31.5 Å². The van der Waals surface area contributed by atoms with Crippen LogP contribution in [-0.2, 0) is 12.8 Å². The number of aryl methyl sites for hydroxylation is 1. The first-order valence-electron chi connectivity index (χ1n) is 8.49. The van der Waals surface area contributed by atoms with Crippen molar-refractivity contribution in [2.45, 2.75) is 26.2 Å². The number of phenolic OH excluding ortho intramolecular Hbond substituents is 2. The smallest absolute Gasteiger partial charge is 0.159 e. The molecule has 1 saturated heterocycles. The molecular formula is C18H23N3O2. The molecule has 1 aromatic heterocycles. The number of nitrogens with zero attached hydrogens (tertiary/aromatic N) is 2. The van der Waals surface area contributed by atoms with Gasteiger partial charge in [0.1, 0.15) is 0 Å². The van der Waals surface area contributed by atoms with Crippen molar-refractivity contribution in [3.05, 3.63) is 23.4 Å². The van der Waals surface area contributed by atoms with Gasteiger partial charge in [-0.3, -0.25) is 4.98 Å². The lowest BCUT2D eigenvalue weighted by Gasteiger charge is -2.38. The van der Waals surface area contributed by atoms with Crippen molar-refractivity contribution in [1.82, 2.24) is 9.88 Å². The highest BCUT2D eigenvalue weighted by Gasteiger charge is 2.26. The number of rotatable bonds is 4. The van der Waals surface area contributed by atoms with E-state index in [-0.39, 0.29) is 11.5 Å². The molecule has 5 nitrogen and oxygen atoms in total. The van der Waals surface area contributed by atoms with Crippen molar-refractivity contribution in [2.24, 2.45) is 5.92 Å². The molecule has 1 aliphatic heterocycles. The highest BCUT2D eigenvalue weighted by molar-refractivity contribution is 5.95. The first-order chi connectivity index (χ1) is 11.2. The van der Waals surface area contributed by atoms with Crippen LogP contribution in [0.25, 0.3) is 10.9 Å². The zero-order valence-electron chi connectivity index (χ0n) is 13.5. The Morgan fingerprint density at radius 2 is 2.00 bits per heavy atom. The van der Waals surface area contributed by atoms with Gasteiger partial charge in [0, 0.05) is 48.4 Å². The van der Waals surface area contributed by atoms with Crippen LogP contribution in [0.1, 0.15) is 24.6 Å². The second-order valence-corrected chi connectivity index (χ2v) is 6.72. The van der Waals surface area contributed by atoms with Gasteiger partial charge in [-0.05, 0) is 37.4 Å². The molecule has 0 amide bonds. The summed E-state index contributed by atoms with van der Waals surface area (Å²) in [5.74, 6) is 0.494. The van der Waals surface area contributed by atoms with E-state index in [4.69, 9.17) is 0 Å². The summed E-state index contributed by atoms with van der Waals surface area (Å²) < 4.78 is 0. The van der Waals surface area contributed by atoms with Crippen molar-refractivity contribution >= 4 is 16.6 Å². The number of aromatic hydroxyl groups is 2. The third-order valence-electron chi connectivity index (χ3n) is 5.16. The minimum Gasteiger partial charge on any atom is -0.504 e. The van der Waals surface area contributed by atoms with Gasteiger partial charge in [-0.2, -0.15) is 0 Å². The zero-order chi connectivity index (χ0) is 16.0. The first-order valence-corrected chi connectivity index (χ1v) is 8.49. The van der Waals surface area contributed by atoms with E-state index in [0.29, 0.717) is 5.92 Å². The lowest BCUT2D eigenvalue weighted by Crippen LogP contribution is -2.49. The molecule has 1 aromatic carbocycles. The number of pyridine rings is 1. The predicted molar refractivity (Wildman–Crippen MR) is 91.2 cm³/mol. The number of aromatic nitrogens is 1. The minimum absolute atomic E-state index is 0.0823. The molecule has 0 bridgehead atoms. The van der Waals surface area contributed by atoms with Crippen molar-refractivity contribution in [3.63, 3.8) is 0 Å². The monoisotopic (exact) mass is 313 g/mol. The van der Waals surface area contributed by atoms with Crippen LogP contribution in [0.2, 0.25) is 0 Å². The molecule has 5 heteroatoms. The van der Waals surface area contributed by atoms with Gasteiger partial charge in [0.15, 0.2) is 11.5 Å². The van der Waals surface area contributed by atoms with Gasteiger partial charge in [-0.15, -0.1) is 0 Å². The molecular weight excluding hydrogens is 290 g/mol. The molecule has 23 heavy (non-hydrogen) atoms. The molecule has 1 aliphatic carbocycles. The van der Waals surface area contributed by atoms with E-state index in [0.717, 1.165) is 67.7 Å². The molecule has 122 valence electrons. The van der Waals surface area contributed by atoms with Gasteiger partial charge in [-0.25, -0.2) is 0 Å². The van der Waals surface area contributed by atoms with Crippen LogP contribution in [0.5, 0.6) is 11.5 Å². The maximum absolute atomic E-state index is 9.88. The zero-order valence-corrected chi connectivity index (χ0v) is 13.5. The molecule has 3 N–H and O–H groups in total. The summed E-state index contributed by atoms with van der Waals surface area (Å²) in [6.45, 7) is 6.57. The van der Waals surface area contributed by atoms with Crippen molar-refractivity contribution in [3.8, 4) is 11.5 Å². The van der Waals surface area contributed by atoms with Crippen LogP contribution in [0.15, 0.2) is 12.1 Å².